The van der Waals surface area contributed by atoms with E-state index in [1.165, 1.54) is 6.26 Å². The number of hydrogen-bond donors (Lipinski definition) is 0. The molecule has 0 aliphatic carbocycles. The molecule has 0 radical (unpaired) electrons. The fraction of sp³-hybridized carbons (Fsp3) is 0.0526. The van der Waals surface area contributed by atoms with Gasteiger partial charge in [-0.3, -0.25) is 9.78 Å². The highest BCUT2D eigenvalue weighted by Gasteiger charge is 2.13. The zero-order valence-electron chi connectivity index (χ0n) is 12.4. The Morgan fingerprint density at radius 3 is 2.83 bits per heavy atom. The van der Waals surface area contributed by atoms with Gasteiger partial charge in [0.1, 0.15) is 17.6 Å². The second-order valence-corrected chi connectivity index (χ2v) is 5.22. The summed E-state index contributed by atoms with van der Waals surface area (Å²) in [4.78, 5) is 17.3. The molecule has 0 bridgehead atoms. The molecular formula is C19H13NO3. The molecule has 4 heteroatoms. The van der Waals surface area contributed by atoms with Crippen molar-refractivity contribution >= 4 is 21.7 Å². The average molecular weight is 303 g/mol. The third-order valence-electron chi connectivity index (χ3n) is 3.91. The molecule has 23 heavy (non-hydrogen) atoms. The Labute approximate surface area is 132 Å². The topological polar surface area (TPSA) is 52.3 Å². The molecule has 0 atom stereocenters. The summed E-state index contributed by atoms with van der Waals surface area (Å²) in [5.41, 5.74) is 1.44. The van der Waals surface area contributed by atoms with Crippen molar-refractivity contribution in [3.8, 4) is 17.0 Å². The van der Waals surface area contributed by atoms with Crippen LogP contribution in [0.2, 0.25) is 0 Å². The second kappa shape index (κ2) is 5.25. The molecule has 4 rings (SSSR count). The Balaban J connectivity index is 2.07. The van der Waals surface area contributed by atoms with Crippen LogP contribution in [0.25, 0.3) is 33.0 Å². The van der Waals surface area contributed by atoms with Crippen molar-refractivity contribution in [2.24, 2.45) is 0 Å². The molecule has 0 saturated heterocycles. The van der Waals surface area contributed by atoms with Gasteiger partial charge in [0.15, 0.2) is 0 Å². The van der Waals surface area contributed by atoms with Crippen molar-refractivity contribution < 1.29 is 9.15 Å². The van der Waals surface area contributed by atoms with Crippen molar-refractivity contribution in [1.82, 2.24) is 4.98 Å². The summed E-state index contributed by atoms with van der Waals surface area (Å²) >= 11 is 0. The lowest BCUT2D eigenvalue weighted by Crippen LogP contribution is -2.06. The van der Waals surface area contributed by atoms with E-state index in [-0.39, 0.29) is 5.43 Å². The first kappa shape index (κ1) is 13.5. The number of nitrogens with zero attached hydrogens (tertiary/aromatic N) is 1. The van der Waals surface area contributed by atoms with Crippen LogP contribution in [0.3, 0.4) is 0 Å². The Morgan fingerprint density at radius 2 is 1.96 bits per heavy atom. The molecule has 4 aromatic rings. The van der Waals surface area contributed by atoms with Gasteiger partial charge in [-0.25, -0.2) is 0 Å². The molecule has 2 heterocycles. The molecule has 2 aromatic carbocycles. The van der Waals surface area contributed by atoms with Crippen LogP contribution in [0.5, 0.6) is 5.75 Å². The number of methoxy groups -OCH3 is 1. The van der Waals surface area contributed by atoms with Gasteiger partial charge in [0.05, 0.1) is 23.8 Å². The van der Waals surface area contributed by atoms with Crippen molar-refractivity contribution in [2.45, 2.75) is 0 Å². The smallest absolute Gasteiger partial charge is 0.202 e. The van der Waals surface area contributed by atoms with Gasteiger partial charge >= 0.3 is 0 Å². The van der Waals surface area contributed by atoms with E-state index in [1.54, 1.807) is 25.4 Å². The Hall–Kier alpha value is -3.14. The SMILES string of the molecule is COc1ccnc(-c2coc3ccc4ccccc4c3c2=O)c1. The highest BCUT2D eigenvalue weighted by Crippen LogP contribution is 2.26. The molecule has 2 aromatic heterocycles. The molecule has 112 valence electrons. The van der Waals surface area contributed by atoms with Crippen LogP contribution >= 0.6 is 0 Å². The number of pyridine rings is 1. The van der Waals surface area contributed by atoms with Gasteiger partial charge in [-0.05, 0) is 22.9 Å². The Bertz CT molecular complexity index is 1080. The van der Waals surface area contributed by atoms with Gasteiger partial charge in [0.25, 0.3) is 0 Å². The van der Waals surface area contributed by atoms with Gasteiger partial charge in [0, 0.05) is 12.3 Å². The standard InChI is InChI=1S/C19H13NO3/c1-22-13-8-9-20-16(10-13)15-11-23-17-7-6-12-4-2-3-5-14(12)18(17)19(15)21/h2-11H,1H3. The first-order chi connectivity index (χ1) is 11.3. The minimum absolute atomic E-state index is 0.0937. The third kappa shape index (κ3) is 2.16. The normalized spacial score (nSPS) is 11.0. The molecule has 0 unspecified atom stereocenters. The number of ether oxygens (including phenoxy) is 1. The lowest BCUT2D eigenvalue weighted by Gasteiger charge is -2.06. The molecule has 0 N–H and O–H groups in total. The van der Waals surface area contributed by atoms with E-state index in [0.29, 0.717) is 28.0 Å². The maximum Gasteiger partial charge on any atom is 0.202 e. The molecule has 0 aliphatic heterocycles. The maximum absolute atomic E-state index is 13.0. The number of benzene rings is 2. The maximum atomic E-state index is 13.0. The summed E-state index contributed by atoms with van der Waals surface area (Å²) in [5.74, 6) is 0.646. The highest BCUT2D eigenvalue weighted by molar-refractivity contribution is 6.06. The molecule has 4 nitrogen and oxygen atoms in total. The van der Waals surface area contributed by atoms with E-state index in [4.69, 9.17) is 9.15 Å². The first-order valence-corrected chi connectivity index (χ1v) is 7.21. The lowest BCUT2D eigenvalue weighted by atomic mass is 10.0. The highest BCUT2D eigenvalue weighted by atomic mass is 16.5. The third-order valence-corrected chi connectivity index (χ3v) is 3.91. The van der Waals surface area contributed by atoms with Crippen LogP contribution < -0.4 is 10.2 Å². The molecule has 0 aliphatic rings. The lowest BCUT2D eigenvalue weighted by molar-refractivity contribution is 0.414. The summed E-state index contributed by atoms with van der Waals surface area (Å²) in [6.45, 7) is 0. The zero-order valence-corrected chi connectivity index (χ0v) is 12.4. The van der Waals surface area contributed by atoms with Gasteiger partial charge < -0.3 is 9.15 Å². The quantitative estimate of drug-likeness (QED) is 0.525. The van der Waals surface area contributed by atoms with Crippen LogP contribution in [-0.4, -0.2) is 12.1 Å². The Kier molecular flexibility index (Phi) is 3.08. The summed E-state index contributed by atoms with van der Waals surface area (Å²) in [6, 6.07) is 15.0. The van der Waals surface area contributed by atoms with Crippen molar-refractivity contribution in [1.29, 1.82) is 0 Å². The van der Waals surface area contributed by atoms with E-state index in [2.05, 4.69) is 4.98 Å². The van der Waals surface area contributed by atoms with Crippen LogP contribution in [0.4, 0.5) is 0 Å². The van der Waals surface area contributed by atoms with E-state index in [1.807, 2.05) is 36.4 Å². The fourth-order valence-corrected chi connectivity index (χ4v) is 2.76. The molecule has 0 saturated carbocycles. The van der Waals surface area contributed by atoms with Gasteiger partial charge in [-0.2, -0.15) is 0 Å². The predicted molar refractivity (Wildman–Crippen MR) is 89.8 cm³/mol. The summed E-state index contributed by atoms with van der Waals surface area (Å²) in [7, 11) is 1.58. The zero-order chi connectivity index (χ0) is 15.8. The first-order valence-electron chi connectivity index (χ1n) is 7.21. The average Bonchev–Trinajstić information content (AvgIpc) is 2.61. The van der Waals surface area contributed by atoms with E-state index in [0.717, 1.165) is 10.8 Å². The Morgan fingerprint density at radius 1 is 1.09 bits per heavy atom. The summed E-state index contributed by atoms with van der Waals surface area (Å²) < 4.78 is 10.9. The largest absolute Gasteiger partial charge is 0.497 e. The molecule has 0 amide bonds. The number of hydrogen-bond acceptors (Lipinski definition) is 4. The van der Waals surface area contributed by atoms with Crippen LogP contribution in [0.1, 0.15) is 0 Å². The monoisotopic (exact) mass is 303 g/mol. The fourth-order valence-electron chi connectivity index (χ4n) is 2.76. The van der Waals surface area contributed by atoms with E-state index >= 15 is 0 Å². The minimum Gasteiger partial charge on any atom is -0.497 e. The predicted octanol–water partition coefficient (Wildman–Crippen LogP) is 4.02. The van der Waals surface area contributed by atoms with Gasteiger partial charge in [0.2, 0.25) is 5.43 Å². The summed E-state index contributed by atoms with van der Waals surface area (Å²) in [6.07, 6.45) is 3.07. The molecule has 0 fully saturated rings. The van der Waals surface area contributed by atoms with Crippen molar-refractivity contribution in [3.63, 3.8) is 0 Å². The number of aromatic nitrogens is 1. The number of rotatable bonds is 2. The van der Waals surface area contributed by atoms with E-state index < -0.39 is 0 Å². The van der Waals surface area contributed by atoms with Gasteiger partial charge in [-0.15, -0.1) is 0 Å². The van der Waals surface area contributed by atoms with Gasteiger partial charge in [-0.1, -0.05) is 30.3 Å². The minimum atomic E-state index is -0.0937. The van der Waals surface area contributed by atoms with Crippen molar-refractivity contribution in [3.05, 3.63) is 71.2 Å². The number of fused-ring (bicyclic) bond motifs is 3. The molecule has 0 spiro atoms. The van der Waals surface area contributed by atoms with E-state index in [9.17, 15) is 4.79 Å². The van der Waals surface area contributed by atoms with Crippen LogP contribution in [0, 0.1) is 0 Å². The van der Waals surface area contributed by atoms with Crippen LogP contribution in [0.15, 0.2) is 70.2 Å². The van der Waals surface area contributed by atoms with Crippen LogP contribution in [-0.2, 0) is 0 Å². The molecular weight excluding hydrogens is 290 g/mol. The summed E-state index contributed by atoms with van der Waals surface area (Å²) in [5, 5.41) is 2.46. The second-order valence-electron chi connectivity index (χ2n) is 5.22. The van der Waals surface area contributed by atoms with Crippen molar-refractivity contribution in [2.75, 3.05) is 7.11 Å².